The van der Waals surface area contributed by atoms with Gasteiger partial charge >= 0.3 is 5.97 Å². The lowest BCUT2D eigenvalue weighted by atomic mass is 10.1. The second kappa shape index (κ2) is 6.25. The van der Waals surface area contributed by atoms with Crippen molar-refractivity contribution in [2.24, 2.45) is 7.05 Å². The van der Waals surface area contributed by atoms with E-state index in [9.17, 15) is 4.79 Å². The summed E-state index contributed by atoms with van der Waals surface area (Å²) in [5.41, 5.74) is 0. The highest BCUT2D eigenvalue weighted by Crippen LogP contribution is 2.23. The summed E-state index contributed by atoms with van der Waals surface area (Å²) >= 11 is 1.18. The van der Waals surface area contributed by atoms with E-state index in [1.54, 1.807) is 0 Å². The number of hydrogen-bond acceptors (Lipinski definition) is 6. The maximum atomic E-state index is 10.6. The van der Waals surface area contributed by atoms with Crippen molar-refractivity contribution in [2.45, 2.75) is 24.0 Å². The van der Waals surface area contributed by atoms with Gasteiger partial charge < -0.3 is 14.7 Å². The largest absolute Gasteiger partial charge is 0.481 e. The number of anilines is 1. The molecule has 2 heterocycles. The Bertz CT molecular complexity index is 445. The van der Waals surface area contributed by atoms with Crippen LogP contribution in [0, 0.1) is 0 Å². The maximum Gasteiger partial charge on any atom is 0.313 e. The fourth-order valence-electron chi connectivity index (χ4n) is 2.10. The first-order valence-electron chi connectivity index (χ1n) is 6.14. The Morgan fingerprint density at radius 1 is 1.53 bits per heavy atom. The zero-order valence-corrected chi connectivity index (χ0v) is 11.9. The van der Waals surface area contributed by atoms with Gasteiger partial charge in [-0.25, -0.2) is 0 Å². The van der Waals surface area contributed by atoms with Crippen LogP contribution in [0.5, 0.6) is 0 Å². The number of carboxylic acid groups (broad SMARTS) is 1. The number of ether oxygens (including phenoxy) is 1. The number of carboxylic acids is 1. The van der Waals surface area contributed by atoms with Gasteiger partial charge in [-0.15, -0.1) is 10.2 Å². The van der Waals surface area contributed by atoms with Crippen LogP contribution in [0.3, 0.4) is 0 Å². The first-order chi connectivity index (χ1) is 9.09. The Morgan fingerprint density at radius 3 is 2.84 bits per heavy atom. The van der Waals surface area contributed by atoms with Crippen LogP contribution < -0.4 is 4.90 Å². The summed E-state index contributed by atoms with van der Waals surface area (Å²) in [6, 6.07) is 0.397. The molecule has 1 aliphatic heterocycles. The highest BCUT2D eigenvalue weighted by molar-refractivity contribution is 7.99. The van der Waals surface area contributed by atoms with E-state index < -0.39 is 5.97 Å². The number of nitrogens with zero attached hydrogens (tertiary/aromatic N) is 4. The summed E-state index contributed by atoms with van der Waals surface area (Å²) in [5, 5.41) is 17.5. The van der Waals surface area contributed by atoms with E-state index in [4.69, 9.17) is 9.84 Å². The van der Waals surface area contributed by atoms with Gasteiger partial charge in [0.15, 0.2) is 5.16 Å². The second-order valence-electron chi connectivity index (χ2n) is 4.48. The Labute approximate surface area is 115 Å². The van der Waals surface area contributed by atoms with Crippen LogP contribution in [0.2, 0.25) is 0 Å². The highest BCUT2D eigenvalue weighted by Gasteiger charge is 2.23. The topological polar surface area (TPSA) is 80.5 Å². The molecule has 0 atom stereocenters. The van der Waals surface area contributed by atoms with Crippen molar-refractivity contribution in [3.05, 3.63) is 0 Å². The van der Waals surface area contributed by atoms with Crippen LogP contribution in [-0.4, -0.2) is 57.9 Å². The molecule has 8 heteroatoms. The molecule has 1 aromatic rings. The number of hydrogen-bond donors (Lipinski definition) is 1. The molecule has 0 unspecified atom stereocenters. The Kier molecular flexibility index (Phi) is 4.65. The van der Waals surface area contributed by atoms with Crippen molar-refractivity contribution in [3.63, 3.8) is 0 Å². The predicted octanol–water partition coefficient (Wildman–Crippen LogP) is 0.607. The van der Waals surface area contributed by atoms with Gasteiger partial charge in [-0.05, 0) is 12.8 Å². The van der Waals surface area contributed by atoms with Crippen molar-refractivity contribution in [1.82, 2.24) is 14.8 Å². The predicted molar refractivity (Wildman–Crippen MR) is 71.6 cm³/mol. The van der Waals surface area contributed by atoms with Gasteiger partial charge in [0.05, 0.1) is 5.75 Å². The SMILES string of the molecule is CN(c1nnc(SCC(=O)O)n1C)C1CCOCC1. The van der Waals surface area contributed by atoms with Gasteiger partial charge in [-0.2, -0.15) is 0 Å². The molecule has 0 spiro atoms. The third-order valence-electron chi connectivity index (χ3n) is 3.19. The summed E-state index contributed by atoms with van der Waals surface area (Å²) in [6.45, 7) is 1.54. The van der Waals surface area contributed by atoms with Gasteiger partial charge in [-0.1, -0.05) is 11.8 Å². The third-order valence-corrected chi connectivity index (χ3v) is 4.20. The fourth-order valence-corrected chi connectivity index (χ4v) is 2.73. The van der Waals surface area contributed by atoms with Crippen LogP contribution in [0.25, 0.3) is 0 Å². The van der Waals surface area contributed by atoms with E-state index in [1.807, 2.05) is 18.7 Å². The normalized spacial score (nSPS) is 16.5. The Balaban J connectivity index is 2.05. The van der Waals surface area contributed by atoms with E-state index in [0.29, 0.717) is 11.2 Å². The van der Waals surface area contributed by atoms with Crippen molar-refractivity contribution in [3.8, 4) is 0 Å². The van der Waals surface area contributed by atoms with E-state index in [2.05, 4.69) is 15.1 Å². The lowest BCUT2D eigenvalue weighted by Crippen LogP contribution is -2.38. The molecule has 106 valence electrons. The summed E-state index contributed by atoms with van der Waals surface area (Å²) in [6.07, 6.45) is 1.95. The zero-order chi connectivity index (χ0) is 13.8. The number of aromatic nitrogens is 3. The van der Waals surface area contributed by atoms with Gasteiger partial charge in [0.2, 0.25) is 5.95 Å². The van der Waals surface area contributed by atoms with Crippen molar-refractivity contribution in [1.29, 1.82) is 0 Å². The summed E-state index contributed by atoms with van der Waals surface area (Å²) in [5.74, 6) is -0.0976. The zero-order valence-electron chi connectivity index (χ0n) is 11.1. The first-order valence-corrected chi connectivity index (χ1v) is 7.12. The van der Waals surface area contributed by atoms with Crippen LogP contribution in [-0.2, 0) is 16.6 Å². The van der Waals surface area contributed by atoms with E-state index in [0.717, 1.165) is 32.0 Å². The second-order valence-corrected chi connectivity index (χ2v) is 5.42. The van der Waals surface area contributed by atoms with Crippen LogP contribution in [0.1, 0.15) is 12.8 Å². The summed E-state index contributed by atoms with van der Waals surface area (Å²) in [4.78, 5) is 12.7. The Hall–Kier alpha value is -1.28. The molecule has 1 N–H and O–H groups in total. The molecule has 19 heavy (non-hydrogen) atoms. The molecule has 0 aliphatic carbocycles. The summed E-state index contributed by atoms with van der Waals surface area (Å²) < 4.78 is 7.18. The van der Waals surface area contributed by atoms with Crippen LogP contribution in [0.4, 0.5) is 5.95 Å². The maximum absolute atomic E-state index is 10.6. The quantitative estimate of drug-likeness (QED) is 0.794. The molecule has 7 nitrogen and oxygen atoms in total. The molecular weight excluding hydrogens is 268 g/mol. The standard InChI is InChI=1S/C11H18N4O3S/c1-14(8-3-5-18-6-4-8)10-12-13-11(15(10)2)19-7-9(16)17/h8H,3-7H2,1-2H3,(H,16,17). The number of aliphatic carboxylic acids is 1. The van der Waals surface area contributed by atoms with Crippen molar-refractivity contribution in [2.75, 3.05) is 30.9 Å². The van der Waals surface area contributed by atoms with Crippen molar-refractivity contribution >= 4 is 23.7 Å². The molecule has 0 bridgehead atoms. The Morgan fingerprint density at radius 2 is 2.21 bits per heavy atom. The molecule has 0 amide bonds. The van der Waals surface area contributed by atoms with Crippen molar-refractivity contribution < 1.29 is 14.6 Å². The lowest BCUT2D eigenvalue weighted by molar-refractivity contribution is -0.133. The fraction of sp³-hybridized carbons (Fsp3) is 0.727. The van der Waals surface area contributed by atoms with Gasteiger partial charge in [-0.3, -0.25) is 9.36 Å². The first kappa shape index (κ1) is 14.1. The molecule has 1 fully saturated rings. The molecule has 1 saturated heterocycles. The minimum Gasteiger partial charge on any atom is -0.481 e. The minimum atomic E-state index is -0.854. The number of carbonyl (C=O) groups is 1. The molecule has 1 aliphatic rings. The van der Waals surface area contributed by atoms with E-state index in [-0.39, 0.29) is 5.75 Å². The van der Waals surface area contributed by atoms with Gasteiger partial charge in [0, 0.05) is 33.4 Å². The number of thioether (sulfide) groups is 1. The highest BCUT2D eigenvalue weighted by atomic mass is 32.2. The molecule has 0 radical (unpaired) electrons. The third kappa shape index (κ3) is 3.38. The van der Waals surface area contributed by atoms with Crippen LogP contribution >= 0.6 is 11.8 Å². The van der Waals surface area contributed by atoms with E-state index >= 15 is 0 Å². The lowest BCUT2D eigenvalue weighted by Gasteiger charge is -2.31. The minimum absolute atomic E-state index is 0.00699. The van der Waals surface area contributed by atoms with Gasteiger partial charge in [0.25, 0.3) is 0 Å². The van der Waals surface area contributed by atoms with E-state index in [1.165, 1.54) is 11.8 Å². The summed E-state index contributed by atoms with van der Waals surface area (Å²) in [7, 11) is 3.85. The molecule has 2 rings (SSSR count). The average Bonchev–Trinajstić information content (AvgIpc) is 2.78. The average molecular weight is 286 g/mol. The number of rotatable bonds is 5. The van der Waals surface area contributed by atoms with Crippen LogP contribution in [0.15, 0.2) is 5.16 Å². The van der Waals surface area contributed by atoms with Gasteiger partial charge in [0.1, 0.15) is 0 Å². The monoisotopic (exact) mass is 286 g/mol. The smallest absolute Gasteiger partial charge is 0.313 e. The molecule has 0 aromatic carbocycles. The molecule has 1 aromatic heterocycles. The molecular formula is C11H18N4O3S. The molecule has 0 saturated carbocycles.